The Kier molecular flexibility index (Phi) is 12.2. The Balaban J connectivity index is 2.50. The Hall–Kier alpha value is -0.620. The number of nitrogens with zero attached hydrogens (tertiary/aromatic N) is 1. The molecule has 1 atom stereocenters. The number of rotatable bonds is 13. The highest BCUT2D eigenvalue weighted by atomic mass is 32.2. The van der Waals surface area contributed by atoms with E-state index >= 15 is 0 Å². The summed E-state index contributed by atoms with van der Waals surface area (Å²) in [5.41, 5.74) is 1.02. The van der Waals surface area contributed by atoms with Crippen LogP contribution in [-0.4, -0.2) is 46.2 Å². The predicted molar refractivity (Wildman–Crippen MR) is 111 cm³/mol. The summed E-state index contributed by atoms with van der Waals surface area (Å²) in [5, 5.41) is 14.5. The minimum absolute atomic E-state index is 0.0210. The zero-order chi connectivity index (χ0) is 18.5. The van der Waals surface area contributed by atoms with E-state index in [2.05, 4.69) is 12.1 Å². The zero-order valence-electron chi connectivity index (χ0n) is 15.9. The van der Waals surface area contributed by atoms with E-state index in [1.165, 1.54) is 17.3 Å². The number of hydrogen-bond acceptors (Lipinski definition) is 6. The number of hydrogen-bond donors (Lipinski definition) is 1. The number of Topliss-reactive ketones (excluding diaryl/α,β-unsaturated/α-hetero) is 1. The summed E-state index contributed by atoms with van der Waals surface area (Å²) in [6.07, 6.45) is 4.74. The fourth-order valence-corrected chi connectivity index (χ4v) is 4.74. The maximum atomic E-state index is 12.5. The number of oxime groups is 1. The average Bonchev–Trinajstić information content (AvgIpc) is 2.58. The van der Waals surface area contributed by atoms with Crippen molar-refractivity contribution in [1.29, 1.82) is 0 Å². The molecule has 1 aliphatic carbocycles. The van der Waals surface area contributed by atoms with Crippen LogP contribution in [0.3, 0.4) is 0 Å². The normalized spacial score (nSPS) is 18.8. The molecule has 1 aliphatic rings. The topological polar surface area (TPSA) is 58.9 Å². The summed E-state index contributed by atoms with van der Waals surface area (Å²) in [5.74, 6) is 5.23. The molecule has 144 valence electrons. The second-order valence-corrected chi connectivity index (χ2v) is 8.80. The van der Waals surface area contributed by atoms with E-state index in [0.29, 0.717) is 37.2 Å². The Labute approximate surface area is 161 Å². The molecule has 0 fully saturated rings. The van der Waals surface area contributed by atoms with Gasteiger partial charge in [0.15, 0.2) is 5.78 Å². The average molecular weight is 388 g/mol. The SMILES string of the molecule is CCCC(=NOCC)C1=C(O)CC(CCCSCCSCC)CC1=O. The van der Waals surface area contributed by atoms with Gasteiger partial charge in [-0.3, -0.25) is 4.79 Å². The van der Waals surface area contributed by atoms with Gasteiger partial charge in [0.05, 0.1) is 11.3 Å². The van der Waals surface area contributed by atoms with Gasteiger partial charge in [-0.2, -0.15) is 23.5 Å². The zero-order valence-corrected chi connectivity index (χ0v) is 17.5. The number of allylic oxidation sites excluding steroid dienone is 2. The lowest BCUT2D eigenvalue weighted by molar-refractivity contribution is -0.116. The Morgan fingerprint density at radius 1 is 1.20 bits per heavy atom. The van der Waals surface area contributed by atoms with Crippen molar-refractivity contribution in [3.05, 3.63) is 11.3 Å². The van der Waals surface area contributed by atoms with Gasteiger partial charge in [-0.1, -0.05) is 25.4 Å². The van der Waals surface area contributed by atoms with Crippen LogP contribution in [0.15, 0.2) is 16.5 Å². The maximum Gasteiger partial charge on any atom is 0.168 e. The highest BCUT2D eigenvalue weighted by molar-refractivity contribution is 8.02. The van der Waals surface area contributed by atoms with Crippen LogP contribution in [0.25, 0.3) is 0 Å². The second-order valence-electron chi connectivity index (χ2n) is 6.18. The van der Waals surface area contributed by atoms with Crippen LogP contribution in [0.2, 0.25) is 0 Å². The first-order valence-electron chi connectivity index (χ1n) is 9.43. The molecule has 0 saturated carbocycles. The smallest absolute Gasteiger partial charge is 0.168 e. The Bertz CT molecular complexity index is 464. The van der Waals surface area contributed by atoms with E-state index in [4.69, 9.17) is 4.84 Å². The summed E-state index contributed by atoms with van der Waals surface area (Å²) in [6, 6.07) is 0. The van der Waals surface area contributed by atoms with E-state index in [0.717, 1.165) is 25.0 Å². The van der Waals surface area contributed by atoms with Gasteiger partial charge in [0, 0.05) is 24.3 Å². The predicted octanol–water partition coefficient (Wildman–Crippen LogP) is 5.24. The second kappa shape index (κ2) is 13.6. The Morgan fingerprint density at radius 3 is 2.60 bits per heavy atom. The van der Waals surface area contributed by atoms with Crippen molar-refractivity contribution in [2.45, 2.75) is 59.3 Å². The summed E-state index contributed by atoms with van der Waals surface area (Å²) < 4.78 is 0. The summed E-state index contributed by atoms with van der Waals surface area (Å²) >= 11 is 3.97. The Morgan fingerprint density at radius 2 is 1.96 bits per heavy atom. The lowest BCUT2D eigenvalue weighted by atomic mass is 9.82. The lowest BCUT2D eigenvalue weighted by Gasteiger charge is -2.24. The minimum Gasteiger partial charge on any atom is -0.511 e. The van der Waals surface area contributed by atoms with E-state index in [-0.39, 0.29) is 17.5 Å². The highest BCUT2D eigenvalue weighted by Gasteiger charge is 2.30. The molecule has 0 aromatic rings. The highest BCUT2D eigenvalue weighted by Crippen LogP contribution is 2.31. The van der Waals surface area contributed by atoms with E-state index in [1.807, 2.05) is 37.4 Å². The standard InChI is InChI=1S/C19H33NO3S2/c1-4-8-16(20-23-5-2)19-17(21)13-15(14-18(19)22)9-7-10-25-12-11-24-6-3/h15,21H,4-14H2,1-3H3. The van der Waals surface area contributed by atoms with Gasteiger partial charge in [0.2, 0.25) is 0 Å². The monoisotopic (exact) mass is 387 g/mol. The number of thioether (sulfide) groups is 2. The van der Waals surface area contributed by atoms with E-state index in [9.17, 15) is 9.90 Å². The number of aliphatic hydroxyl groups is 1. The van der Waals surface area contributed by atoms with E-state index in [1.54, 1.807) is 0 Å². The molecule has 1 rings (SSSR count). The van der Waals surface area contributed by atoms with Gasteiger partial charge in [-0.25, -0.2) is 0 Å². The number of carbonyl (C=O) groups excluding carboxylic acids is 1. The van der Waals surface area contributed by atoms with Gasteiger partial charge < -0.3 is 9.94 Å². The molecule has 0 aromatic carbocycles. The summed E-state index contributed by atoms with van der Waals surface area (Å²) in [4.78, 5) is 17.7. The van der Waals surface area contributed by atoms with Crippen LogP contribution in [0.4, 0.5) is 0 Å². The third-order valence-corrected chi connectivity index (χ3v) is 6.31. The molecule has 0 radical (unpaired) electrons. The maximum absolute atomic E-state index is 12.5. The van der Waals surface area contributed by atoms with Crippen molar-refractivity contribution < 1.29 is 14.7 Å². The van der Waals surface area contributed by atoms with Crippen LogP contribution >= 0.6 is 23.5 Å². The van der Waals surface area contributed by atoms with E-state index < -0.39 is 0 Å². The van der Waals surface area contributed by atoms with Crippen molar-refractivity contribution in [3.63, 3.8) is 0 Å². The molecule has 0 saturated heterocycles. The molecular formula is C19H33NO3S2. The molecule has 4 nitrogen and oxygen atoms in total. The molecular weight excluding hydrogens is 354 g/mol. The van der Waals surface area contributed by atoms with Gasteiger partial charge >= 0.3 is 0 Å². The molecule has 25 heavy (non-hydrogen) atoms. The first-order chi connectivity index (χ1) is 12.1. The summed E-state index contributed by atoms with van der Waals surface area (Å²) in [7, 11) is 0. The summed E-state index contributed by atoms with van der Waals surface area (Å²) in [6.45, 7) is 6.55. The van der Waals surface area contributed by atoms with Crippen LogP contribution < -0.4 is 0 Å². The fraction of sp³-hybridized carbons (Fsp3) is 0.789. The van der Waals surface area contributed by atoms with Gasteiger partial charge in [-0.05, 0) is 43.6 Å². The quantitative estimate of drug-likeness (QED) is 0.266. The third-order valence-electron chi connectivity index (χ3n) is 4.08. The molecule has 0 bridgehead atoms. The molecule has 0 spiro atoms. The van der Waals surface area contributed by atoms with Crippen molar-refractivity contribution >= 4 is 35.0 Å². The number of carbonyl (C=O) groups is 1. The van der Waals surface area contributed by atoms with Crippen LogP contribution in [-0.2, 0) is 9.63 Å². The molecule has 1 unspecified atom stereocenters. The lowest BCUT2D eigenvalue weighted by Crippen LogP contribution is -2.25. The molecule has 0 heterocycles. The van der Waals surface area contributed by atoms with Crippen LogP contribution in [0, 0.1) is 5.92 Å². The van der Waals surface area contributed by atoms with Gasteiger partial charge in [0.1, 0.15) is 12.4 Å². The largest absolute Gasteiger partial charge is 0.511 e. The third kappa shape index (κ3) is 8.54. The fourth-order valence-electron chi connectivity index (χ4n) is 2.94. The van der Waals surface area contributed by atoms with Crippen molar-refractivity contribution in [3.8, 4) is 0 Å². The number of aliphatic hydroxyl groups excluding tert-OH is 1. The van der Waals surface area contributed by atoms with Gasteiger partial charge in [0.25, 0.3) is 0 Å². The van der Waals surface area contributed by atoms with Crippen molar-refractivity contribution in [1.82, 2.24) is 0 Å². The van der Waals surface area contributed by atoms with Crippen molar-refractivity contribution in [2.24, 2.45) is 11.1 Å². The first kappa shape index (κ1) is 22.4. The molecule has 0 amide bonds. The van der Waals surface area contributed by atoms with Crippen LogP contribution in [0.1, 0.15) is 59.3 Å². The van der Waals surface area contributed by atoms with Gasteiger partial charge in [-0.15, -0.1) is 0 Å². The molecule has 6 heteroatoms. The van der Waals surface area contributed by atoms with Crippen molar-refractivity contribution in [2.75, 3.05) is 29.6 Å². The first-order valence-corrected chi connectivity index (χ1v) is 11.7. The number of ketones is 1. The minimum atomic E-state index is 0.0210. The molecule has 0 aromatic heterocycles. The molecule has 1 N–H and O–H groups in total. The van der Waals surface area contributed by atoms with Crippen LogP contribution in [0.5, 0.6) is 0 Å². The molecule has 0 aliphatic heterocycles.